The number of carboxylic acid groups (broad SMARTS) is 2. The molecule has 12 nitrogen and oxygen atoms in total. The van der Waals surface area contributed by atoms with Crippen molar-refractivity contribution in [3.63, 3.8) is 0 Å². The number of fused-ring (bicyclic) bond motifs is 2. The summed E-state index contributed by atoms with van der Waals surface area (Å²) in [7, 11) is 8.62. The van der Waals surface area contributed by atoms with E-state index in [2.05, 4.69) is 15.9 Å². The van der Waals surface area contributed by atoms with E-state index in [9.17, 15) is 19.8 Å². The summed E-state index contributed by atoms with van der Waals surface area (Å²) in [6.45, 7) is 0.675. The molecule has 0 spiro atoms. The number of nitrogens with zero attached hydrogens (tertiary/aromatic N) is 2. The van der Waals surface area contributed by atoms with Crippen LogP contribution in [0.25, 0.3) is 0 Å². The molecule has 4 aromatic rings. The molecule has 4 heterocycles. The smallest absolute Gasteiger partial charge is 0.205 e. The molecule has 0 aromatic heterocycles. The first-order valence-corrected chi connectivity index (χ1v) is 19.3. The van der Waals surface area contributed by atoms with Crippen LogP contribution < -0.4 is 38.6 Å². The zero-order valence-corrected chi connectivity index (χ0v) is 33.2. The van der Waals surface area contributed by atoms with E-state index in [4.69, 9.17) is 28.4 Å². The van der Waals surface area contributed by atoms with Gasteiger partial charge < -0.3 is 57.2 Å². The monoisotopic (exact) mass is 816 g/mol. The second-order valence-electron chi connectivity index (χ2n) is 15.0. The van der Waals surface area contributed by atoms with Gasteiger partial charge in [-0.05, 0) is 80.6 Å². The zero-order chi connectivity index (χ0) is 39.1. The fraction of sp³-hybridized carbons (Fsp3) is 0.381. The van der Waals surface area contributed by atoms with Crippen molar-refractivity contribution in [1.82, 2.24) is 0 Å². The standard InChI is InChI=1S/C42H45BrN2O10/c1-44(22-38(46)47)14-12-27-19-34(51-4)36-21-30(27)31(44)16-25-6-9-29(10-7-25)54-35-18-26(8-11-33(35)50-3)17-32-40-28(13-15-45(32,2)23-39(48)49)20-37(52-5)41(53-24-43)42(40)55-36/h6-11,18-21,31-32H,12-17,22-24H2,1-5H3. The number of rotatable bonds is 9. The Morgan fingerprint density at radius 2 is 1.31 bits per heavy atom. The summed E-state index contributed by atoms with van der Waals surface area (Å²) >= 11 is 3.44. The molecule has 4 aromatic carbocycles. The number of carboxylic acids is 2. The number of likely N-dealkylation sites (N-methyl/N-ethyl adjacent to an activating group) is 2. The third-order valence-electron chi connectivity index (χ3n) is 11.6. The molecule has 4 aliphatic rings. The lowest BCUT2D eigenvalue weighted by Gasteiger charge is -2.47. The Bertz CT molecular complexity index is 2120. The van der Waals surface area contributed by atoms with Crippen molar-refractivity contribution in [3.05, 3.63) is 94.0 Å². The molecule has 0 amide bonds. The molecule has 8 rings (SSSR count). The third kappa shape index (κ3) is 7.40. The van der Waals surface area contributed by atoms with Crippen molar-refractivity contribution in [2.45, 2.75) is 37.8 Å². The predicted octanol–water partition coefficient (Wildman–Crippen LogP) is 4.41. The summed E-state index contributed by atoms with van der Waals surface area (Å²) in [4.78, 5) is 24.7. The summed E-state index contributed by atoms with van der Waals surface area (Å²) in [5.41, 5.74) is 5.67. The fourth-order valence-electron chi connectivity index (χ4n) is 8.72. The molecule has 4 unspecified atom stereocenters. The lowest BCUT2D eigenvalue weighted by atomic mass is 9.85. The largest absolute Gasteiger partial charge is 0.544 e. The number of carbonyl (C=O) groups is 2. The van der Waals surface area contributed by atoms with E-state index in [1.54, 1.807) is 21.3 Å². The van der Waals surface area contributed by atoms with Crippen molar-refractivity contribution >= 4 is 27.9 Å². The Morgan fingerprint density at radius 1 is 0.727 bits per heavy atom. The highest BCUT2D eigenvalue weighted by Gasteiger charge is 2.45. The van der Waals surface area contributed by atoms with E-state index in [1.807, 2.05) is 74.8 Å². The first-order chi connectivity index (χ1) is 26.4. The van der Waals surface area contributed by atoms with Crippen LogP contribution in [-0.2, 0) is 35.3 Å². The van der Waals surface area contributed by atoms with E-state index in [0.717, 1.165) is 33.4 Å². The molecule has 6 bridgehead atoms. The van der Waals surface area contributed by atoms with E-state index < -0.39 is 18.0 Å². The summed E-state index contributed by atoms with van der Waals surface area (Å²) in [6.07, 6.45) is 2.07. The van der Waals surface area contributed by atoms with E-state index in [0.29, 0.717) is 84.8 Å². The van der Waals surface area contributed by atoms with Gasteiger partial charge in [0.15, 0.2) is 34.5 Å². The third-order valence-corrected chi connectivity index (χ3v) is 11.8. The van der Waals surface area contributed by atoms with Crippen molar-refractivity contribution in [1.29, 1.82) is 0 Å². The maximum Gasteiger partial charge on any atom is 0.205 e. The highest BCUT2D eigenvalue weighted by atomic mass is 79.9. The van der Waals surface area contributed by atoms with Crippen LogP contribution in [0.1, 0.15) is 45.5 Å². The van der Waals surface area contributed by atoms with Crippen LogP contribution in [0.5, 0.6) is 46.0 Å². The second-order valence-corrected chi connectivity index (χ2v) is 15.5. The minimum Gasteiger partial charge on any atom is -0.544 e. The maximum atomic E-state index is 12.4. The Morgan fingerprint density at radius 3 is 1.95 bits per heavy atom. The molecule has 0 N–H and O–H groups in total. The number of methoxy groups -OCH3 is 3. The first-order valence-electron chi connectivity index (χ1n) is 18.2. The van der Waals surface area contributed by atoms with Crippen LogP contribution in [0.4, 0.5) is 0 Å². The summed E-state index contributed by atoms with van der Waals surface area (Å²) in [5, 5.41) is 24.7. The van der Waals surface area contributed by atoms with Crippen molar-refractivity contribution in [2.75, 3.05) is 67.1 Å². The molecule has 290 valence electrons. The van der Waals surface area contributed by atoms with Crippen LogP contribution in [-0.4, -0.2) is 88.0 Å². The Hall–Kier alpha value is -4.98. The number of aliphatic carboxylic acids is 2. The van der Waals surface area contributed by atoms with Crippen LogP contribution in [0, 0.1) is 0 Å². The highest BCUT2D eigenvalue weighted by molar-refractivity contribution is 9.09. The zero-order valence-electron chi connectivity index (χ0n) is 31.6. The molecule has 0 fully saturated rings. The van der Waals surface area contributed by atoms with Gasteiger partial charge in [0.2, 0.25) is 5.75 Å². The van der Waals surface area contributed by atoms with Gasteiger partial charge in [0.1, 0.15) is 36.4 Å². The lowest BCUT2D eigenvalue weighted by Crippen LogP contribution is -2.56. The lowest BCUT2D eigenvalue weighted by molar-refractivity contribution is -0.936. The van der Waals surface area contributed by atoms with Gasteiger partial charge in [-0.2, -0.15) is 0 Å². The molecule has 13 heteroatoms. The molecular formula is C42H45BrN2O10. The number of hydrogen-bond acceptors (Lipinski definition) is 10. The number of halogens is 1. The SMILES string of the molecule is COc1ccc2cc1Oc1ccc(cc1)CC1c3cc(c(OC)cc3CC[N+]1(C)CC(=O)[O-])Oc1c(OCBr)c(OC)cc3c1C(C2)[N+](C)(CC(=O)[O-])CC3. The second kappa shape index (κ2) is 15.3. The van der Waals surface area contributed by atoms with Crippen LogP contribution in [0.2, 0.25) is 0 Å². The van der Waals surface area contributed by atoms with Crippen molar-refractivity contribution in [3.8, 4) is 46.0 Å². The van der Waals surface area contributed by atoms with Crippen LogP contribution in [0.3, 0.4) is 0 Å². The summed E-state index contributed by atoms with van der Waals surface area (Å²) < 4.78 is 37.7. The van der Waals surface area contributed by atoms with Crippen LogP contribution in [0.15, 0.2) is 60.7 Å². The Labute approximate surface area is 329 Å². The Kier molecular flexibility index (Phi) is 10.6. The average Bonchev–Trinajstić information content (AvgIpc) is 3.14. The minimum absolute atomic E-state index is 0.120. The molecule has 0 radical (unpaired) electrons. The quantitative estimate of drug-likeness (QED) is 0.177. The van der Waals surface area contributed by atoms with Crippen molar-refractivity contribution < 1.29 is 57.2 Å². The maximum absolute atomic E-state index is 12.4. The molecule has 4 aliphatic heterocycles. The van der Waals surface area contributed by atoms with Gasteiger partial charge >= 0.3 is 0 Å². The number of ether oxygens (including phenoxy) is 6. The minimum atomic E-state index is -1.17. The van der Waals surface area contributed by atoms with Gasteiger partial charge in [0, 0.05) is 31.2 Å². The molecule has 55 heavy (non-hydrogen) atoms. The number of hydrogen-bond donors (Lipinski definition) is 0. The molecular weight excluding hydrogens is 772 g/mol. The van der Waals surface area contributed by atoms with E-state index >= 15 is 0 Å². The van der Waals surface area contributed by atoms with Crippen LogP contribution >= 0.6 is 15.9 Å². The average molecular weight is 818 g/mol. The van der Waals surface area contributed by atoms with Gasteiger partial charge in [-0.1, -0.05) is 18.2 Å². The molecule has 0 saturated carbocycles. The molecule has 4 atom stereocenters. The number of alkyl halides is 1. The summed E-state index contributed by atoms with van der Waals surface area (Å²) in [5.74, 6) is 1.41. The number of carbonyl (C=O) groups excluding carboxylic acids is 2. The van der Waals surface area contributed by atoms with E-state index in [-0.39, 0.29) is 33.6 Å². The Balaban J connectivity index is 1.53. The van der Waals surface area contributed by atoms with Gasteiger partial charge in [0.05, 0.1) is 66.0 Å². The number of benzene rings is 4. The first kappa shape index (κ1) is 38.3. The topological polar surface area (TPSA) is 136 Å². The van der Waals surface area contributed by atoms with Gasteiger partial charge in [0.25, 0.3) is 0 Å². The van der Waals surface area contributed by atoms with Gasteiger partial charge in [-0.25, -0.2) is 0 Å². The van der Waals surface area contributed by atoms with Crippen molar-refractivity contribution in [2.24, 2.45) is 0 Å². The summed E-state index contributed by atoms with van der Waals surface area (Å²) in [6, 6.07) is 18.6. The normalized spacial score (nSPS) is 22.5. The van der Waals surface area contributed by atoms with E-state index in [1.165, 1.54) is 0 Å². The molecule has 0 saturated heterocycles. The highest BCUT2D eigenvalue weighted by Crippen LogP contribution is 2.54. The fourth-order valence-corrected chi connectivity index (χ4v) is 8.95. The number of quaternary nitrogens is 2. The molecule has 0 aliphatic carbocycles. The predicted molar refractivity (Wildman–Crippen MR) is 202 cm³/mol. The van der Waals surface area contributed by atoms with Gasteiger partial charge in [-0.15, -0.1) is 0 Å². The van der Waals surface area contributed by atoms with Gasteiger partial charge in [-0.3, -0.25) is 0 Å².